The molecule has 2 aliphatic rings. The van der Waals surface area contributed by atoms with E-state index < -0.39 is 0 Å². The number of ether oxygens (including phenoxy) is 2. The van der Waals surface area contributed by atoms with Gasteiger partial charge in [0.25, 0.3) is 0 Å². The van der Waals surface area contributed by atoms with Gasteiger partial charge >= 0.3 is 0 Å². The van der Waals surface area contributed by atoms with Crippen LogP contribution in [0.1, 0.15) is 46.0 Å². The Kier molecular flexibility index (Phi) is 11.2. The van der Waals surface area contributed by atoms with E-state index in [0.717, 1.165) is 77.1 Å². The number of nitrogens with zero attached hydrogens (tertiary/aromatic N) is 2. The van der Waals surface area contributed by atoms with E-state index in [1.165, 1.54) is 12.8 Å². The van der Waals surface area contributed by atoms with E-state index in [4.69, 9.17) is 14.5 Å². The third kappa shape index (κ3) is 8.03. The average Bonchev–Trinajstić information content (AvgIpc) is 2.54. The molecular weight excluding hydrogens is 405 g/mol. The highest BCUT2D eigenvalue weighted by Crippen LogP contribution is 2.15. The van der Waals surface area contributed by atoms with Gasteiger partial charge in [-0.1, -0.05) is 6.92 Å². The first-order chi connectivity index (χ1) is 10.8. The number of piperidine rings is 1. The lowest BCUT2D eigenvalue weighted by molar-refractivity contribution is -0.0318. The Morgan fingerprint density at radius 3 is 2.78 bits per heavy atom. The minimum Gasteiger partial charge on any atom is -0.381 e. The Hall–Kier alpha value is -0.0800. The maximum Gasteiger partial charge on any atom is 0.193 e. The normalized spacial score (nSPS) is 23.5. The number of aliphatic imine (C=N–C) groups is 1. The van der Waals surface area contributed by atoms with Gasteiger partial charge in [0.2, 0.25) is 0 Å². The molecule has 0 amide bonds. The first-order valence-corrected chi connectivity index (χ1v) is 9.02. The summed E-state index contributed by atoms with van der Waals surface area (Å²) < 4.78 is 11.2. The highest BCUT2D eigenvalue weighted by Gasteiger charge is 2.19. The molecule has 136 valence electrons. The van der Waals surface area contributed by atoms with Gasteiger partial charge in [-0.3, -0.25) is 4.99 Å². The topological polar surface area (TPSA) is 46.1 Å². The third-order valence-corrected chi connectivity index (χ3v) is 4.38. The quantitative estimate of drug-likeness (QED) is 0.299. The fourth-order valence-corrected chi connectivity index (χ4v) is 3.15. The Bertz CT molecular complexity index is 336. The van der Waals surface area contributed by atoms with Crippen molar-refractivity contribution in [3.05, 3.63) is 0 Å². The van der Waals surface area contributed by atoms with E-state index in [0.29, 0.717) is 6.10 Å². The molecule has 0 aromatic carbocycles. The number of nitrogens with one attached hydrogen (secondary N) is 1. The van der Waals surface area contributed by atoms with Crippen molar-refractivity contribution in [1.29, 1.82) is 0 Å². The lowest BCUT2D eigenvalue weighted by Gasteiger charge is -2.33. The van der Waals surface area contributed by atoms with E-state index in [2.05, 4.69) is 24.1 Å². The van der Waals surface area contributed by atoms with Crippen LogP contribution in [-0.2, 0) is 9.47 Å². The van der Waals surface area contributed by atoms with Crippen LogP contribution in [0.4, 0.5) is 0 Å². The van der Waals surface area contributed by atoms with Crippen LogP contribution in [-0.4, -0.2) is 63.0 Å². The lowest BCUT2D eigenvalue weighted by Crippen LogP contribution is -2.46. The molecule has 2 saturated heterocycles. The minimum atomic E-state index is 0. The van der Waals surface area contributed by atoms with Crippen molar-refractivity contribution in [2.45, 2.75) is 52.1 Å². The molecule has 1 N–H and O–H groups in total. The number of rotatable bonds is 6. The lowest BCUT2D eigenvalue weighted by atomic mass is 10.0. The second-order valence-electron chi connectivity index (χ2n) is 6.47. The van der Waals surface area contributed by atoms with E-state index >= 15 is 0 Å². The van der Waals surface area contributed by atoms with Crippen LogP contribution in [0.25, 0.3) is 0 Å². The van der Waals surface area contributed by atoms with Gasteiger partial charge in [-0.15, -0.1) is 24.0 Å². The SMILES string of the molecule is CCNC(=NCCCOC1CCOCC1)N1CCCC(C)C1.I. The number of hydrogen-bond donors (Lipinski definition) is 1. The zero-order valence-corrected chi connectivity index (χ0v) is 17.1. The van der Waals surface area contributed by atoms with Crippen LogP contribution < -0.4 is 5.32 Å². The van der Waals surface area contributed by atoms with Gasteiger partial charge in [0.15, 0.2) is 5.96 Å². The fourth-order valence-electron chi connectivity index (χ4n) is 3.15. The second kappa shape index (κ2) is 12.3. The molecule has 0 radical (unpaired) electrons. The summed E-state index contributed by atoms with van der Waals surface area (Å²) in [6.45, 7) is 11.0. The molecule has 0 aromatic rings. The molecule has 0 saturated carbocycles. The zero-order valence-electron chi connectivity index (χ0n) is 14.8. The first-order valence-electron chi connectivity index (χ1n) is 9.02. The Morgan fingerprint density at radius 1 is 1.30 bits per heavy atom. The summed E-state index contributed by atoms with van der Waals surface area (Å²) in [7, 11) is 0. The summed E-state index contributed by atoms with van der Waals surface area (Å²) >= 11 is 0. The second-order valence-corrected chi connectivity index (χ2v) is 6.47. The van der Waals surface area contributed by atoms with Crippen LogP contribution >= 0.6 is 24.0 Å². The third-order valence-electron chi connectivity index (χ3n) is 4.38. The molecule has 5 nitrogen and oxygen atoms in total. The maximum absolute atomic E-state index is 5.90. The van der Waals surface area contributed by atoms with Crippen molar-refractivity contribution in [1.82, 2.24) is 10.2 Å². The molecule has 0 aromatic heterocycles. The van der Waals surface area contributed by atoms with Crippen LogP contribution in [0.15, 0.2) is 4.99 Å². The summed E-state index contributed by atoms with van der Waals surface area (Å²) in [4.78, 5) is 7.19. The van der Waals surface area contributed by atoms with Gasteiger partial charge in [-0.05, 0) is 44.9 Å². The molecule has 1 atom stereocenters. The van der Waals surface area contributed by atoms with Gasteiger partial charge in [0, 0.05) is 46.0 Å². The predicted molar refractivity (Wildman–Crippen MR) is 106 cm³/mol. The van der Waals surface area contributed by atoms with E-state index in [1.54, 1.807) is 0 Å². The standard InChI is InChI=1S/C17H33N3O2.HI/c1-3-18-17(20-10-4-6-15(2)14-20)19-9-5-11-22-16-7-12-21-13-8-16;/h15-16H,3-14H2,1-2H3,(H,18,19);1H. The van der Waals surface area contributed by atoms with Crippen molar-refractivity contribution in [2.24, 2.45) is 10.9 Å². The molecule has 0 spiro atoms. The molecule has 2 rings (SSSR count). The molecule has 2 heterocycles. The van der Waals surface area contributed by atoms with Gasteiger partial charge in [0.1, 0.15) is 0 Å². The summed E-state index contributed by atoms with van der Waals surface area (Å²) in [6, 6.07) is 0. The van der Waals surface area contributed by atoms with Gasteiger partial charge < -0.3 is 19.7 Å². The summed E-state index contributed by atoms with van der Waals surface area (Å²) in [5.74, 6) is 1.86. The van der Waals surface area contributed by atoms with Crippen molar-refractivity contribution >= 4 is 29.9 Å². The molecule has 0 aliphatic carbocycles. The zero-order chi connectivity index (χ0) is 15.6. The van der Waals surface area contributed by atoms with E-state index in [1.807, 2.05) is 0 Å². The molecular formula is C17H34IN3O2. The first kappa shape index (κ1) is 21.0. The van der Waals surface area contributed by atoms with Crippen molar-refractivity contribution in [2.75, 3.05) is 46.0 Å². The van der Waals surface area contributed by atoms with Crippen LogP contribution in [0.2, 0.25) is 0 Å². The Balaban J connectivity index is 0.00000264. The van der Waals surface area contributed by atoms with Gasteiger partial charge in [-0.2, -0.15) is 0 Å². The van der Waals surface area contributed by atoms with E-state index in [9.17, 15) is 0 Å². The van der Waals surface area contributed by atoms with Gasteiger partial charge in [-0.25, -0.2) is 0 Å². The molecule has 0 bridgehead atoms. The molecule has 6 heteroatoms. The van der Waals surface area contributed by atoms with Crippen molar-refractivity contribution in [3.63, 3.8) is 0 Å². The van der Waals surface area contributed by atoms with E-state index in [-0.39, 0.29) is 24.0 Å². The minimum absolute atomic E-state index is 0. The summed E-state index contributed by atoms with van der Waals surface area (Å²) in [6.07, 6.45) is 6.09. The molecule has 2 fully saturated rings. The maximum atomic E-state index is 5.90. The predicted octanol–water partition coefficient (Wildman–Crippen LogP) is 2.89. The van der Waals surface area contributed by atoms with Crippen LogP contribution in [0.5, 0.6) is 0 Å². The largest absolute Gasteiger partial charge is 0.381 e. The molecule has 1 unspecified atom stereocenters. The number of hydrogen-bond acceptors (Lipinski definition) is 3. The van der Waals surface area contributed by atoms with Crippen molar-refractivity contribution < 1.29 is 9.47 Å². The monoisotopic (exact) mass is 439 g/mol. The number of guanidine groups is 1. The Labute approximate surface area is 158 Å². The highest BCUT2D eigenvalue weighted by molar-refractivity contribution is 14.0. The molecule has 2 aliphatic heterocycles. The van der Waals surface area contributed by atoms with Gasteiger partial charge in [0.05, 0.1) is 6.10 Å². The average molecular weight is 439 g/mol. The smallest absolute Gasteiger partial charge is 0.193 e. The highest BCUT2D eigenvalue weighted by atomic mass is 127. The summed E-state index contributed by atoms with van der Waals surface area (Å²) in [5, 5.41) is 3.43. The number of likely N-dealkylation sites (tertiary alicyclic amines) is 1. The summed E-state index contributed by atoms with van der Waals surface area (Å²) in [5.41, 5.74) is 0. The van der Waals surface area contributed by atoms with Crippen LogP contribution in [0.3, 0.4) is 0 Å². The van der Waals surface area contributed by atoms with Crippen LogP contribution in [0, 0.1) is 5.92 Å². The Morgan fingerprint density at radius 2 is 2.09 bits per heavy atom. The fraction of sp³-hybridized carbons (Fsp3) is 0.941. The number of halogens is 1. The van der Waals surface area contributed by atoms with Crippen molar-refractivity contribution in [3.8, 4) is 0 Å². The molecule has 23 heavy (non-hydrogen) atoms.